The summed E-state index contributed by atoms with van der Waals surface area (Å²) >= 11 is 0. The molecule has 1 unspecified atom stereocenters. The van der Waals surface area contributed by atoms with Gasteiger partial charge in [-0.3, -0.25) is 0 Å². The lowest BCUT2D eigenvalue weighted by Crippen LogP contribution is -2.28. The molecule has 2 aromatic carbocycles. The van der Waals surface area contributed by atoms with Gasteiger partial charge < -0.3 is 25.7 Å². The predicted octanol–water partition coefficient (Wildman–Crippen LogP) is 4.63. The Bertz CT molecular complexity index is 1080. The Morgan fingerprint density at radius 1 is 1.00 bits per heavy atom. The van der Waals surface area contributed by atoms with E-state index in [9.17, 15) is 0 Å². The van der Waals surface area contributed by atoms with E-state index in [1.54, 1.807) is 14.2 Å². The summed E-state index contributed by atoms with van der Waals surface area (Å²) in [6.07, 6.45) is 3.62. The maximum atomic E-state index is 6.36. The lowest BCUT2D eigenvalue weighted by molar-refractivity contribution is 0.278. The van der Waals surface area contributed by atoms with E-state index >= 15 is 0 Å². The average Bonchev–Trinajstić information content (AvgIpc) is 2.79. The topological polar surface area (TPSA) is 79.7 Å². The molecule has 0 saturated carbocycles. The van der Waals surface area contributed by atoms with Crippen LogP contribution in [-0.2, 0) is 4.74 Å². The lowest BCUT2D eigenvalue weighted by Gasteiger charge is -2.36. The molecule has 2 aromatic rings. The van der Waals surface area contributed by atoms with E-state index in [2.05, 4.69) is 24.8 Å². The van der Waals surface area contributed by atoms with Gasteiger partial charge in [0.1, 0.15) is 17.3 Å². The van der Waals surface area contributed by atoms with Crippen molar-refractivity contribution in [3.05, 3.63) is 100 Å². The molecule has 1 atom stereocenters. The minimum atomic E-state index is -0.0454. The van der Waals surface area contributed by atoms with Crippen LogP contribution in [0.25, 0.3) is 6.08 Å². The van der Waals surface area contributed by atoms with Gasteiger partial charge in [-0.1, -0.05) is 36.4 Å². The smallest absolute Gasteiger partial charge is 0.192 e. The van der Waals surface area contributed by atoms with E-state index < -0.39 is 0 Å². The summed E-state index contributed by atoms with van der Waals surface area (Å²) in [4.78, 5) is 0. The van der Waals surface area contributed by atoms with Crippen molar-refractivity contribution in [3.63, 3.8) is 0 Å². The molecule has 160 valence electrons. The van der Waals surface area contributed by atoms with E-state index in [0.29, 0.717) is 12.4 Å². The molecular formula is C26H28N2O3. The van der Waals surface area contributed by atoms with Crippen molar-refractivity contribution in [2.24, 2.45) is 11.5 Å². The van der Waals surface area contributed by atoms with Crippen LogP contribution in [0.5, 0.6) is 11.5 Å². The van der Waals surface area contributed by atoms with Crippen molar-refractivity contribution in [1.29, 1.82) is 0 Å². The number of hydrogen-bond acceptors (Lipinski definition) is 5. The molecule has 5 heteroatoms. The van der Waals surface area contributed by atoms with Gasteiger partial charge in [-0.05, 0) is 65.5 Å². The van der Waals surface area contributed by atoms with Gasteiger partial charge in [0.25, 0.3) is 0 Å². The van der Waals surface area contributed by atoms with Gasteiger partial charge in [0.05, 0.1) is 14.2 Å². The minimum Gasteiger partial charge on any atom is -0.497 e. The molecule has 2 aliphatic rings. The van der Waals surface area contributed by atoms with Crippen molar-refractivity contribution in [2.45, 2.75) is 18.8 Å². The van der Waals surface area contributed by atoms with E-state index in [-0.39, 0.29) is 5.92 Å². The van der Waals surface area contributed by atoms with Crippen LogP contribution < -0.4 is 20.9 Å². The highest BCUT2D eigenvalue weighted by Crippen LogP contribution is 2.48. The van der Waals surface area contributed by atoms with Crippen LogP contribution >= 0.6 is 0 Å². The quantitative estimate of drug-likeness (QED) is 0.695. The minimum absolute atomic E-state index is 0.0454. The molecule has 4 rings (SSSR count). The molecule has 0 saturated heterocycles. The highest BCUT2D eigenvalue weighted by Gasteiger charge is 2.35. The summed E-state index contributed by atoms with van der Waals surface area (Å²) in [5.41, 5.74) is 18.9. The van der Waals surface area contributed by atoms with Crippen LogP contribution in [-0.4, -0.2) is 20.8 Å². The van der Waals surface area contributed by atoms with Crippen LogP contribution in [0.3, 0.4) is 0 Å². The van der Waals surface area contributed by atoms with Crippen LogP contribution in [0.15, 0.2) is 89.0 Å². The summed E-state index contributed by atoms with van der Waals surface area (Å²) in [5, 5.41) is 0. The molecule has 0 bridgehead atoms. The summed E-state index contributed by atoms with van der Waals surface area (Å²) in [6, 6.07) is 16.0. The molecule has 0 radical (unpaired) electrons. The van der Waals surface area contributed by atoms with Crippen LogP contribution in [0, 0.1) is 0 Å². The third-order valence-corrected chi connectivity index (χ3v) is 5.82. The Balaban J connectivity index is 1.81. The molecule has 1 heterocycles. The molecule has 0 amide bonds. The average molecular weight is 417 g/mol. The first-order valence-corrected chi connectivity index (χ1v) is 10.3. The molecule has 0 spiro atoms. The van der Waals surface area contributed by atoms with Gasteiger partial charge >= 0.3 is 0 Å². The lowest BCUT2D eigenvalue weighted by atomic mass is 9.75. The second-order valence-electron chi connectivity index (χ2n) is 7.80. The fraction of sp³-hybridized carbons (Fsp3) is 0.231. The second-order valence-corrected chi connectivity index (χ2v) is 7.80. The molecule has 1 aliphatic carbocycles. The van der Waals surface area contributed by atoms with Gasteiger partial charge in [-0.25, -0.2) is 0 Å². The molecule has 1 aliphatic heterocycles. The zero-order valence-corrected chi connectivity index (χ0v) is 18.0. The fourth-order valence-corrected chi connectivity index (χ4v) is 4.30. The normalized spacial score (nSPS) is 19.9. The number of rotatable bonds is 5. The van der Waals surface area contributed by atoms with Gasteiger partial charge in [0.2, 0.25) is 0 Å². The van der Waals surface area contributed by atoms with Crippen LogP contribution in [0.1, 0.15) is 29.9 Å². The third-order valence-electron chi connectivity index (χ3n) is 5.82. The number of methoxy groups -OCH3 is 2. The SMILES string of the molecule is C=C1CC2=C(OC(N)=C(CN)C2c2ccc(OC)cc2)/C(=C/c2ccc(OC)cc2)C1. The maximum Gasteiger partial charge on any atom is 0.192 e. The molecule has 0 aromatic heterocycles. The van der Waals surface area contributed by atoms with E-state index in [4.69, 9.17) is 25.7 Å². The molecular weight excluding hydrogens is 388 g/mol. The first-order valence-electron chi connectivity index (χ1n) is 10.3. The largest absolute Gasteiger partial charge is 0.497 e. The molecule has 4 N–H and O–H groups in total. The highest BCUT2D eigenvalue weighted by molar-refractivity contribution is 5.64. The van der Waals surface area contributed by atoms with Gasteiger partial charge in [-0.2, -0.15) is 0 Å². The Hall–Kier alpha value is -3.44. The highest BCUT2D eigenvalue weighted by atomic mass is 16.5. The number of benzene rings is 2. The Labute approximate surface area is 183 Å². The van der Waals surface area contributed by atoms with Gasteiger partial charge in [0.15, 0.2) is 5.88 Å². The summed E-state index contributed by atoms with van der Waals surface area (Å²) < 4.78 is 16.8. The zero-order chi connectivity index (χ0) is 22.0. The van der Waals surface area contributed by atoms with Crippen molar-refractivity contribution < 1.29 is 14.2 Å². The monoisotopic (exact) mass is 416 g/mol. The number of ether oxygens (including phenoxy) is 3. The second kappa shape index (κ2) is 8.74. The molecule has 5 nitrogen and oxygen atoms in total. The van der Waals surface area contributed by atoms with Crippen LogP contribution in [0.2, 0.25) is 0 Å². The van der Waals surface area contributed by atoms with E-state index in [0.717, 1.165) is 63.5 Å². The van der Waals surface area contributed by atoms with Crippen molar-refractivity contribution in [3.8, 4) is 11.5 Å². The molecule has 31 heavy (non-hydrogen) atoms. The van der Waals surface area contributed by atoms with Crippen molar-refractivity contribution >= 4 is 6.08 Å². The van der Waals surface area contributed by atoms with Crippen molar-refractivity contribution in [1.82, 2.24) is 0 Å². The predicted molar refractivity (Wildman–Crippen MR) is 123 cm³/mol. The Morgan fingerprint density at radius 2 is 1.61 bits per heavy atom. The van der Waals surface area contributed by atoms with E-state index in [1.165, 1.54) is 0 Å². The fourth-order valence-electron chi connectivity index (χ4n) is 4.30. The van der Waals surface area contributed by atoms with Crippen LogP contribution in [0.4, 0.5) is 0 Å². The zero-order valence-electron chi connectivity index (χ0n) is 18.0. The number of allylic oxidation sites excluding steroid dienone is 3. The summed E-state index contributed by atoms with van der Waals surface area (Å²) in [5.74, 6) is 2.80. The standard InChI is InChI=1S/C26H28N2O3/c1-16-12-19(14-17-4-8-20(29-2)9-5-17)25-22(13-16)24(23(15-27)26(28)31-25)18-6-10-21(30-3)11-7-18/h4-11,14,24H,1,12-13,15,27-28H2,2-3H3/b19-14+. The van der Waals surface area contributed by atoms with Gasteiger partial charge in [-0.15, -0.1) is 0 Å². The third kappa shape index (κ3) is 4.09. The first kappa shape index (κ1) is 20.8. The maximum absolute atomic E-state index is 6.36. The van der Waals surface area contributed by atoms with Gasteiger partial charge in [0, 0.05) is 18.0 Å². The Morgan fingerprint density at radius 3 is 2.19 bits per heavy atom. The first-order chi connectivity index (χ1) is 15.0. The Kier molecular flexibility index (Phi) is 5.87. The number of hydrogen-bond donors (Lipinski definition) is 2. The summed E-state index contributed by atoms with van der Waals surface area (Å²) in [7, 11) is 3.32. The van der Waals surface area contributed by atoms with E-state index in [1.807, 2.05) is 36.4 Å². The van der Waals surface area contributed by atoms with Crippen molar-refractivity contribution in [2.75, 3.05) is 20.8 Å². The molecule has 0 fully saturated rings. The summed E-state index contributed by atoms with van der Waals surface area (Å²) in [6.45, 7) is 4.62. The number of nitrogens with two attached hydrogens (primary N) is 2.